The van der Waals surface area contributed by atoms with Gasteiger partial charge in [0.05, 0.1) is 12.7 Å². The average Bonchev–Trinajstić information content (AvgIpc) is 2.48. The van der Waals surface area contributed by atoms with E-state index in [0.717, 1.165) is 31.8 Å². The Labute approximate surface area is 120 Å². The van der Waals surface area contributed by atoms with Crippen LogP contribution in [0.25, 0.3) is 0 Å². The van der Waals surface area contributed by atoms with E-state index in [1.807, 2.05) is 4.90 Å². The monoisotopic (exact) mass is 277 g/mol. The molecule has 0 saturated carbocycles. The van der Waals surface area contributed by atoms with Gasteiger partial charge in [-0.3, -0.25) is 4.79 Å². The topological polar surface area (TPSA) is 49.8 Å². The summed E-state index contributed by atoms with van der Waals surface area (Å²) < 4.78 is 5.11. The molecule has 1 saturated heterocycles. The smallest absolute Gasteiger partial charge is 0.257 e. The summed E-state index contributed by atoms with van der Waals surface area (Å²) in [7, 11) is 1.55. The number of likely N-dealkylation sites (tertiary alicyclic amines) is 1. The van der Waals surface area contributed by atoms with Gasteiger partial charge in [0.1, 0.15) is 11.5 Å². The highest BCUT2D eigenvalue weighted by molar-refractivity contribution is 5.97. The second kappa shape index (κ2) is 6.64. The van der Waals surface area contributed by atoms with E-state index in [2.05, 4.69) is 6.92 Å². The van der Waals surface area contributed by atoms with Crippen molar-refractivity contribution in [2.45, 2.75) is 32.6 Å². The Kier molecular flexibility index (Phi) is 4.88. The van der Waals surface area contributed by atoms with Crippen molar-refractivity contribution in [1.82, 2.24) is 4.90 Å². The Morgan fingerprint density at radius 1 is 1.40 bits per heavy atom. The number of piperidine rings is 1. The molecule has 0 bridgehead atoms. The number of ether oxygens (including phenoxy) is 1. The van der Waals surface area contributed by atoms with E-state index < -0.39 is 0 Å². The summed E-state index contributed by atoms with van der Waals surface area (Å²) in [5.41, 5.74) is 0.332. The lowest BCUT2D eigenvalue weighted by Crippen LogP contribution is -2.38. The van der Waals surface area contributed by atoms with Crippen molar-refractivity contribution in [3.8, 4) is 11.5 Å². The molecule has 1 aliphatic rings. The Hall–Kier alpha value is -1.71. The lowest BCUT2D eigenvalue weighted by molar-refractivity contribution is 0.0683. The largest absolute Gasteiger partial charge is 0.507 e. The highest BCUT2D eigenvalue weighted by atomic mass is 16.5. The van der Waals surface area contributed by atoms with E-state index in [4.69, 9.17) is 4.74 Å². The van der Waals surface area contributed by atoms with Crippen LogP contribution in [-0.2, 0) is 0 Å². The van der Waals surface area contributed by atoms with Gasteiger partial charge in [-0.1, -0.05) is 19.8 Å². The number of phenolic OH excluding ortho intramolecular Hbond substituents is 1. The van der Waals surface area contributed by atoms with Crippen molar-refractivity contribution >= 4 is 5.91 Å². The van der Waals surface area contributed by atoms with E-state index in [1.54, 1.807) is 19.2 Å². The molecular weight excluding hydrogens is 254 g/mol. The lowest BCUT2D eigenvalue weighted by atomic mass is 9.92. The van der Waals surface area contributed by atoms with Crippen molar-refractivity contribution in [3.63, 3.8) is 0 Å². The molecule has 1 amide bonds. The summed E-state index contributed by atoms with van der Waals surface area (Å²) in [6.45, 7) is 3.76. The predicted octanol–water partition coefficient (Wildman–Crippen LogP) is 3.05. The highest BCUT2D eigenvalue weighted by Crippen LogP contribution is 2.27. The first-order valence-electron chi connectivity index (χ1n) is 7.32. The Morgan fingerprint density at radius 3 is 2.70 bits per heavy atom. The molecule has 110 valence electrons. The number of phenols is 1. The molecule has 1 heterocycles. The van der Waals surface area contributed by atoms with Crippen LogP contribution >= 0.6 is 0 Å². The van der Waals surface area contributed by atoms with Gasteiger partial charge in [-0.25, -0.2) is 0 Å². The third kappa shape index (κ3) is 3.24. The van der Waals surface area contributed by atoms with Crippen molar-refractivity contribution in [3.05, 3.63) is 23.8 Å². The Morgan fingerprint density at radius 2 is 2.10 bits per heavy atom. The number of benzene rings is 1. The number of hydrogen-bond acceptors (Lipinski definition) is 3. The second-order valence-corrected chi connectivity index (χ2v) is 5.41. The minimum Gasteiger partial charge on any atom is -0.507 e. The maximum atomic E-state index is 12.5. The van der Waals surface area contributed by atoms with Crippen LogP contribution in [0.1, 0.15) is 43.0 Å². The zero-order valence-electron chi connectivity index (χ0n) is 12.3. The first kappa shape index (κ1) is 14.7. The summed E-state index contributed by atoms with van der Waals surface area (Å²) in [6, 6.07) is 4.77. The van der Waals surface area contributed by atoms with Crippen LogP contribution in [0, 0.1) is 5.92 Å². The number of nitrogens with zero attached hydrogens (tertiary/aromatic N) is 1. The minimum atomic E-state index is -0.101. The van der Waals surface area contributed by atoms with Gasteiger partial charge in [-0.15, -0.1) is 0 Å². The second-order valence-electron chi connectivity index (χ2n) is 5.41. The first-order valence-corrected chi connectivity index (χ1v) is 7.32. The van der Waals surface area contributed by atoms with Crippen LogP contribution < -0.4 is 4.74 Å². The van der Waals surface area contributed by atoms with Crippen LogP contribution in [0.4, 0.5) is 0 Å². The first-order chi connectivity index (χ1) is 9.65. The maximum absolute atomic E-state index is 12.5. The van der Waals surface area contributed by atoms with E-state index in [9.17, 15) is 9.90 Å². The number of methoxy groups -OCH3 is 1. The van der Waals surface area contributed by atoms with Gasteiger partial charge >= 0.3 is 0 Å². The number of hydrogen-bond donors (Lipinski definition) is 1. The van der Waals surface area contributed by atoms with E-state index in [1.165, 1.54) is 18.9 Å². The van der Waals surface area contributed by atoms with Gasteiger partial charge in [0, 0.05) is 13.1 Å². The van der Waals surface area contributed by atoms with Crippen LogP contribution in [0.2, 0.25) is 0 Å². The molecule has 1 aromatic carbocycles. The summed E-state index contributed by atoms with van der Waals surface area (Å²) in [4.78, 5) is 14.3. The fourth-order valence-electron chi connectivity index (χ4n) is 2.82. The summed E-state index contributed by atoms with van der Waals surface area (Å²) in [5, 5.41) is 9.86. The molecule has 1 fully saturated rings. The number of carbonyl (C=O) groups excluding carboxylic acids is 1. The maximum Gasteiger partial charge on any atom is 0.257 e. The van der Waals surface area contributed by atoms with Crippen LogP contribution in [0.5, 0.6) is 11.5 Å². The van der Waals surface area contributed by atoms with Crippen molar-refractivity contribution in [1.29, 1.82) is 0 Å². The third-order valence-electron chi connectivity index (χ3n) is 4.03. The van der Waals surface area contributed by atoms with E-state index in [-0.39, 0.29) is 11.7 Å². The molecule has 0 unspecified atom stereocenters. The van der Waals surface area contributed by atoms with Crippen molar-refractivity contribution < 1.29 is 14.6 Å². The molecule has 0 radical (unpaired) electrons. The van der Waals surface area contributed by atoms with Gasteiger partial charge in [-0.2, -0.15) is 0 Å². The van der Waals surface area contributed by atoms with Crippen molar-refractivity contribution in [2.75, 3.05) is 20.2 Å². The summed E-state index contributed by atoms with van der Waals surface area (Å²) in [6.07, 6.45) is 4.57. The number of rotatable bonds is 4. The molecule has 1 aliphatic heterocycles. The molecule has 4 heteroatoms. The van der Waals surface area contributed by atoms with Gasteiger partial charge in [0.2, 0.25) is 0 Å². The molecule has 0 spiro atoms. The summed E-state index contributed by atoms with van der Waals surface area (Å²) in [5.74, 6) is 1.25. The molecule has 0 atom stereocenters. The van der Waals surface area contributed by atoms with Crippen LogP contribution in [-0.4, -0.2) is 36.1 Å². The summed E-state index contributed by atoms with van der Waals surface area (Å²) >= 11 is 0. The molecule has 0 aliphatic carbocycles. The molecular formula is C16H23NO3. The Balaban J connectivity index is 2.05. The van der Waals surface area contributed by atoms with Gasteiger partial charge in [-0.05, 0) is 37.0 Å². The predicted molar refractivity (Wildman–Crippen MR) is 78.2 cm³/mol. The normalized spacial score (nSPS) is 16.2. The molecule has 20 heavy (non-hydrogen) atoms. The third-order valence-corrected chi connectivity index (χ3v) is 4.03. The minimum absolute atomic E-state index is 0.0199. The standard InChI is InChI=1S/C16H23NO3/c1-3-4-12-7-9-17(10-8-12)16(19)14-11-13(20-2)5-6-15(14)18/h5-6,11-12,18H,3-4,7-10H2,1-2H3. The lowest BCUT2D eigenvalue weighted by Gasteiger charge is -2.32. The van der Waals surface area contributed by atoms with Crippen molar-refractivity contribution in [2.24, 2.45) is 5.92 Å². The SMILES string of the molecule is CCCC1CCN(C(=O)c2cc(OC)ccc2O)CC1. The molecule has 0 aromatic heterocycles. The van der Waals surface area contributed by atoms with Crippen LogP contribution in [0.15, 0.2) is 18.2 Å². The highest BCUT2D eigenvalue weighted by Gasteiger charge is 2.25. The number of carbonyl (C=O) groups is 1. The average molecular weight is 277 g/mol. The molecule has 4 nitrogen and oxygen atoms in total. The number of aromatic hydroxyl groups is 1. The van der Waals surface area contributed by atoms with E-state index in [0.29, 0.717) is 11.3 Å². The van der Waals surface area contributed by atoms with E-state index >= 15 is 0 Å². The fraction of sp³-hybridized carbons (Fsp3) is 0.562. The Bertz CT molecular complexity index is 465. The van der Waals surface area contributed by atoms with Gasteiger partial charge < -0.3 is 14.7 Å². The molecule has 1 aromatic rings. The van der Waals surface area contributed by atoms with Gasteiger partial charge in [0.25, 0.3) is 5.91 Å². The van der Waals surface area contributed by atoms with Gasteiger partial charge in [0.15, 0.2) is 0 Å². The fourth-order valence-corrected chi connectivity index (χ4v) is 2.82. The molecule has 2 rings (SSSR count). The zero-order chi connectivity index (χ0) is 14.5. The zero-order valence-corrected chi connectivity index (χ0v) is 12.3. The van der Waals surface area contributed by atoms with Crippen LogP contribution in [0.3, 0.4) is 0 Å². The quantitative estimate of drug-likeness (QED) is 0.920. The molecule has 1 N–H and O–H groups in total. The number of amides is 1.